The van der Waals surface area contributed by atoms with E-state index in [1.165, 1.54) is 18.2 Å². The van der Waals surface area contributed by atoms with Crippen LogP contribution in [0.25, 0.3) is 0 Å². The smallest absolute Gasteiger partial charge is 0.125 e. The molecule has 0 unspecified atom stereocenters. The van der Waals surface area contributed by atoms with Crippen molar-refractivity contribution in [3.63, 3.8) is 0 Å². The van der Waals surface area contributed by atoms with Gasteiger partial charge in [0.2, 0.25) is 0 Å². The Morgan fingerprint density at radius 1 is 1.55 bits per heavy atom. The first kappa shape index (κ1) is 7.51. The average molecular weight is 151 g/mol. The highest BCUT2D eigenvalue weighted by Crippen LogP contribution is 2.14. The van der Waals surface area contributed by atoms with Crippen molar-refractivity contribution in [3.05, 3.63) is 29.6 Å². The first-order valence-electron chi connectivity index (χ1n) is 2.94. The van der Waals surface area contributed by atoms with Gasteiger partial charge in [0.05, 0.1) is 11.3 Å². The topological polar surface area (TPSA) is 61.8 Å². The molecule has 0 aliphatic carbocycles. The highest BCUT2D eigenvalue weighted by molar-refractivity contribution is 5.56. The van der Waals surface area contributed by atoms with E-state index in [2.05, 4.69) is 5.43 Å². The summed E-state index contributed by atoms with van der Waals surface area (Å²) in [7, 11) is 0. The van der Waals surface area contributed by atoms with E-state index in [1.807, 2.05) is 6.07 Å². The number of benzene rings is 1. The fraction of sp³-hybridized carbons (Fsp3) is 0. The first-order valence-corrected chi connectivity index (χ1v) is 2.94. The van der Waals surface area contributed by atoms with Gasteiger partial charge in [-0.15, -0.1) is 0 Å². The number of hydrogen-bond acceptors (Lipinski definition) is 3. The molecule has 0 saturated heterocycles. The molecule has 11 heavy (non-hydrogen) atoms. The number of halogens is 1. The van der Waals surface area contributed by atoms with E-state index in [4.69, 9.17) is 11.1 Å². The predicted molar refractivity (Wildman–Crippen MR) is 38.9 cm³/mol. The van der Waals surface area contributed by atoms with Gasteiger partial charge in [-0.1, -0.05) is 0 Å². The number of hydrazine groups is 1. The molecule has 4 heteroatoms. The van der Waals surface area contributed by atoms with Crippen molar-refractivity contribution in [2.75, 3.05) is 5.43 Å². The summed E-state index contributed by atoms with van der Waals surface area (Å²) < 4.78 is 12.5. The van der Waals surface area contributed by atoms with Crippen molar-refractivity contribution in [2.24, 2.45) is 5.84 Å². The molecule has 1 aromatic carbocycles. The molecule has 0 fully saturated rings. The Morgan fingerprint density at radius 2 is 2.27 bits per heavy atom. The Balaban J connectivity index is 3.19. The zero-order valence-corrected chi connectivity index (χ0v) is 5.63. The lowest BCUT2D eigenvalue weighted by atomic mass is 10.2. The summed E-state index contributed by atoms with van der Waals surface area (Å²) in [6.07, 6.45) is 0. The molecule has 0 atom stereocenters. The molecule has 3 nitrogen and oxygen atoms in total. The second-order valence-electron chi connectivity index (χ2n) is 1.95. The molecule has 0 aliphatic heterocycles. The van der Waals surface area contributed by atoms with Crippen molar-refractivity contribution >= 4 is 5.69 Å². The lowest BCUT2D eigenvalue weighted by molar-refractivity contribution is 0.628. The standard InChI is InChI=1S/C7H6FN3/c8-6-2-1-5(4-9)7(3-6)11-10/h1-3,11H,10H2. The molecule has 0 radical (unpaired) electrons. The molecule has 56 valence electrons. The van der Waals surface area contributed by atoms with Gasteiger partial charge in [0.25, 0.3) is 0 Å². The third-order valence-corrected chi connectivity index (χ3v) is 1.26. The number of hydrogen-bond donors (Lipinski definition) is 2. The van der Waals surface area contributed by atoms with Gasteiger partial charge in [-0.05, 0) is 18.2 Å². The van der Waals surface area contributed by atoms with Crippen LogP contribution < -0.4 is 11.3 Å². The van der Waals surface area contributed by atoms with Gasteiger partial charge in [0, 0.05) is 0 Å². The summed E-state index contributed by atoms with van der Waals surface area (Å²) in [5.74, 6) is 4.61. The Hall–Kier alpha value is -1.60. The number of nitrogens with one attached hydrogen (secondary N) is 1. The Kier molecular flexibility index (Phi) is 2.04. The number of anilines is 1. The van der Waals surface area contributed by atoms with Gasteiger partial charge in [0.15, 0.2) is 0 Å². The molecule has 0 saturated carbocycles. The molecule has 3 N–H and O–H groups in total. The molecular formula is C7H6FN3. The van der Waals surface area contributed by atoms with E-state index in [9.17, 15) is 4.39 Å². The Bertz CT molecular complexity index is 303. The lowest BCUT2D eigenvalue weighted by Crippen LogP contribution is -2.08. The van der Waals surface area contributed by atoms with Crippen LogP contribution in [0.1, 0.15) is 5.56 Å². The fourth-order valence-corrected chi connectivity index (χ4v) is 0.733. The van der Waals surface area contributed by atoms with Gasteiger partial charge < -0.3 is 5.43 Å². The molecule has 0 bridgehead atoms. The zero-order valence-electron chi connectivity index (χ0n) is 5.63. The molecule has 0 aromatic heterocycles. The van der Waals surface area contributed by atoms with Crippen LogP contribution in [0.3, 0.4) is 0 Å². The van der Waals surface area contributed by atoms with Gasteiger partial charge in [-0.2, -0.15) is 5.26 Å². The van der Waals surface area contributed by atoms with E-state index >= 15 is 0 Å². The number of nitriles is 1. The summed E-state index contributed by atoms with van der Waals surface area (Å²) in [5.41, 5.74) is 2.85. The minimum atomic E-state index is -0.419. The second-order valence-corrected chi connectivity index (χ2v) is 1.95. The van der Waals surface area contributed by atoms with Crippen LogP contribution in [0.5, 0.6) is 0 Å². The third-order valence-electron chi connectivity index (χ3n) is 1.26. The molecule has 0 aliphatic rings. The van der Waals surface area contributed by atoms with E-state index in [-0.39, 0.29) is 0 Å². The van der Waals surface area contributed by atoms with Crippen LogP contribution in [0.4, 0.5) is 10.1 Å². The maximum absolute atomic E-state index is 12.5. The zero-order chi connectivity index (χ0) is 8.27. The van der Waals surface area contributed by atoms with Crippen molar-refractivity contribution in [1.29, 1.82) is 5.26 Å². The number of rotatable bonds is 1. The minimum Gasteiger partial charge on any atom is -0.323 e. The van der Waals surface area contributed by atoms with Crippen LogP contribution in [0, 0.1) is 17.1 Å². The maximum atomic E-state index is 12.5. The van der Waals surface area contributed by atoms with Crippen molar-refractivity contribution in [1.82, 2.24) is 0 Å². The second kappa shape index (κ2) is 2.99. The van der Waals surface area contributed by atoms with E-state index in [0.717, 1.165) is 0 Å². The van der Waals surface area contributed by atoms with Gasteiger partial charge in [-0.25, -0.2) is 4.39 Å². The van der Waals surface area contributed by atoms with Gasteiger partial charge in [0.1, 0.15) is 11.9 Å². The molecule has 0 spiro atoms. The molecule has 1 rings (SSSR count). The number of nitrogens with zero attached hydrogens (tertiary/aromatic N) is 1. The highest BCUT2D eigenvalue weighted by Gasteiger charge is 2.00. The van der Waals surface area contributed by atoms with E-state index in [1.54, 1.807) is 0 Å². The van der Waals surface area contributed by atoms with Gasteiger partial charge >= 0.3 is 0 Å². The predicted octanol–water partition coefficient (Wildman–Crippen LogP) is 0.983. The highest BCUT2D eigenvalue weighted by atomic mass is 19.1. The van der Waals surface area contributed by atoms with Gasteiger partial charge in [-0.3, -0.25) is 5.84 Å². The van der Waals surface area contributed by atoms with Crippen LogP contribution in [-0.4, -0.2) is 0 Å². The lowest BCUT2D eigenvalue weighted by Gasteiger charge is -2.00. The van der Waals surface area contributed by atoms with Crippen LogP contribution in [0.15, 0.2) is 18.2 Å². The summed E-state index contributed by atoms with van der Waals surface area (Å²) in [4.78, 5) is 0. The summed E-state index contributed by atoms with van der Waals surface area (Å²) in [6, 6.07) is 5.60. The minimum absolute atomic E-state index is 0.299. The van der Waals surface area contributed by atoms with E-state index in [0.29, 0.717) is 11.3 Å². The number of nitrogen functional groups attached to an aromatic ring is 1. The summed E-state index contributed by atoms with van der Waals surface area (Å²) >= 11 is 0. The van der Waals surface area contributed by atoms with Crippen LogP contribution >= 0.6 is 0 Å². The Morgan fingerprint density at radius 3 is 2.82 bits per heavy atom. The molecule has 0 heterocycles. The SMILES string of the molecule is N#Cc1ccc(F)cc1NN. The number of nitrogens with two attached hydrogens (primary N) is 1. The fourth-order valence-electron chi connectivity index (χ4n) is 0.733. The first-order chi connectivity index (χ1) is 5.27. The normalized spacial score (nSPS) is 8.82. The van der Waals surface area contributed by atoms with Crippen LogP contribution in [-0.2, 0) is 0 Å². The molecule has 1 aromatic rings. The molecular weight excluding hydrogens is 145 g/mol. The maximum Gasteiger partial charge on any atom is 0.125 e. The third kappa shape index (κ3) is 1.45. The monoisotopic (exact) mass is 151 g/mol. The quantitative estimate of drug-likeness (QED) is 0.464. The van der Waals surface area contributed by atoms with Crippen molar-refractivity contribution in [2.45, 2.75) is 0 Å². The van der Waals surface area contributed by atoms with Crippen LogP contribution in [0.2, 0.25) is 0 Å². The van der Waals surface area contributed by atoms with Crippen molar-refractivity contribution in [3.8, 4) is 6.07 Å². The summed E-state index contributed by atoms with van der Waals surface area (Å²) in [6.45, 7) is 0. The largest absolute Gasteiger partial charge is 0.323 e. The molecule has 0 amide bonds. The Labute approximate surface area is 63.2 Å². The van der Waals surface area contributed by atoms with E-state index < -0.39 is 5.82 Å². The van der Waals surface area contributed by atoms with Crippen molar-refractivity contribution < 1.29 is 4.39 Å². The summed E-state index contributed by atoms with van der Waals surface area (Å²) in [5, 5.41) is 8.47. The average Bonchev–Trinajstić information content (AvgIpc) is 2.04.